The first-order valence-corrected chi connectivity index (χ1v) is 25.9. The highest BCUT2D eigenvalue weighted by molar-refractivity contribution is 7.89. The van der Waals surface area contributed by atoms with E-state index < -0.39 is 85.2 Å². The SMILES string of the molecule is CCOc1ccc(C(=O)N2CCN(c3ccc(-c4cccnc4OCC)nc3CN(CCCC[C@@H](NC(=O)OCc3ccccc3)C(=O)OC(C)(C)C)S(=O)(=O)c3ccccc3[N+](=O)[O-])[C@H](CC)C2)c(C(F)(F)F)n1. The summed E-state index contributed by atoms with van der Waals surface area (Å²) in [4.78, 5) is 67.7. The second-order valence-electron chi connectivity index (χ2n) is 18.3. The minimum atomic E-state index is -4.97. The van der Waals surface area contributed by atoms with Crippen LogP contribution in [0.3, 0.4) is 0 Å². The summed E-state index contributed by atoms with van der Waals surface area (Å²) in [6, 6.07) is 21.2. The average Bonchev–Trinajstić information content (AvgIpc) is 3.38. The first-order valence-electron chi connectivity index (χ1n) is 24.4. The molecule has 1 N–H and O–H groups in total. The number of halogens is 3. The molecule has 0 bridgehead atoms. The van der Waals surface area contributed by atoms with E-state index in [1.165, 1.54) is 29.3 Å². The van der Waals surface area contributed by atoms with Gasteiger partial charge in [-0.25, -0.2) is 33.0 Å². The number of nitro benzene ring substituents is 1. The van der Waals surface area contributed by atoms with Gasteiger partial charge in [-0.2, -0.15) is 17.5 Å². The van der Waals surface area contributed by atoms with Gasteiger partial charge in [0, 0.05) is 50.6 Å². The van der Waals surface area contributed by atoms with Crippen molar-refractivity contribution in [3.8, 4) is 23.0 Å². The van der Waals surface area contributed by atoms with Crippen molar-refractivity contribution in [3.63, 3.8) is 0 Å². The number of pyridine rings is 3. The Bertz CT molecular complexity index is 2910. The topological polar surface area (TPSA) is 226 Å². The van der Waals surface area contributed by atoms with E-state index >= 15 is 0 Å². The van der Waals surface area contributed by atoms with E-state index in [2.05, 4.69) is 15.3 Å². The summed E-state index contributed by atoms with van der Waals surface area (Å²) in [7, 11) is -4.75. The van der Waals surface area contributed by atoms with Crippen LogP contribution in [0.15, 0.2) is 102 Å². The number of carbonyl (C=O) groups is 3. The number of benzene rings is 2. The lowest BCUT2D eigenvalue weighted by atomic mass is 10.0. The number of nitro groups is 1. The largest absolute Gasteiger partial charge is 0.478 e. The standard InChI is InChI=1S/C52H61F3N8O11S/c1-7-36-32-60(48(64)38-24-27-45(71-8-2)59-46(38)52(53,54)55)30-31-62(36)42-26-25-39(37-20-17-28-56-47(37)72-9-3)57-41(42)33-61(75(69,70)44-23-14-13-22-43(44)63(67)68)29-16-15-21-40(49(65)74-51(4,5)6)58-50(66)73-34-35-18-11-10-12-19-35/h10-14,17-20,22-28,36,40H,7-9,15-16,21,29-34H2,1-6H3,(H,58,66)/t36-,40-/m1/s1. The molecule has 2 aromatic carbocycles. The van der Waals surface area contributed by atoms with E-state index in [0.29, 0.717) is 28.9 Å². The van der Waals surface area contributed by atoms with Crippen molar-refractivity contribution in [2.75, 3.05) is 44.3 Å². The van der Waals surface area contributed by atoms with Crippen molar-refractivity contribution in [2.24, 2.45) is 0 Å². The molecule has 2 amide bonds. The Hall–Kier alpha value is -7.40. The minimum Gasteiger partial charge on any atom is -0.478 e. The molecule has 75 heavy (non-hydrogen) atoms. The van der Waals surface area contributed by atoms with Crippen LogP contribution in [0.4, 0.5) is 29.3 Å². The van der Waals surface area contributed by atoms with Crippen LogP contribution in [0, 0.1) is 10.1 Å². The van der Waals surface area contributed by atoms with Gasteiger partial charge in [-0.15, -0.1) is 0 Å². The molecular formula is C52H61F3N8O11S. The van der Waals surface area contributed by atoms with Gasteiger partial charge < -0.3 is 34.1 Å². The molecule has 0 saturated carbocycles. The molecular weight excluding hydrogens is 1000 g/mol. The van der Waals surface area contributed by atoms with Crippen LogP contribution in [-0.4, -0.2) is 113 Å². The third kappa shape index (κ3) is 14.9. The summed E-state index contributed by atoms with van der Waals surface area (Å²) >= 11 is 0. The van der Waals surface area contributed by atoms with Crippen LogP contribution in [0.2, 0.25) is 0 Å². The number of alkyl halides is 3. The van der Waals surface area contributed by atoms with Crippen molar-refractivity contribution in [1.29, 1.82) is 0 Å². The maximum atomic E-state index is 15.0. The Morgan fingerprint density at radius 3 is 2.29 bits per heavy atom. The zero-order valence-electron chi connectivity index (χ0n) is 42.5. The number of amides is 2. The Morgan fingerprint density at radius 1 is 0.893 bits per heavy atom. The number of alkyl carbamates (subject to hydrolysis) is 1. The summed E-state index contributed by atoms with van der Waals surface area (Å²) in [5.41, 5.74) is -1.51. The number of hydrogen-bond donors (Lipinski definition) is 1. The van der Waals surface area contributed by atoms with Crippen molar-refractivity contribution in [3.05, 3.63) is 130 Å². The summed E-state index contributed by atoms with van der Waals surface area (Å²) in [5.74, 6) is -1.68. The first-order chi connectivity index (χ1) is 35.6. The van der Waals surface area contributed by atoms with Gasteiger partial charge in [-0.1, -0.05) is 49.4 Å². The lowest BCUT2D eigenvalue weighted by Gasteiger charge is -2.43. The molecule has 0 aliphatic carbocycles. The predicted molar refractivity (Wildman–Crippen MR) is 270 cm³/mol. The number of hydrogen-bond acceptors (Lipinski definition) is 15. The van der Waals surface area contributed by atoms with Gasteiger partial charge in [0.2, 0.25) is 21.8 Å². The number of para-hydroxylation sites is 1. The van der Waals surface area contributed by atoms with E-state index in [1.54, 1.807) is 83.1 Å². The van der Waals surface area contributed by atoms with Crippen LogP contribution in [0.25, 0.3) is 11.3 Å². The number of esters is 1. The van der Waals surface area contributed by atoms with E-state index in [0.717, 1.165) is 22.5 Å². The average molecular weight is 1060 g/mol. The molecule has 4 heterocycles. The molecule has 6 rings (SSSR count). The number of carbonyl (C=O) groups excluding carboxylic acids is 3. The highest BCUT2D eigenvalue weighted by Crippen LogP contribution is 2.37. The Morgan fingerprint density at radius 2 is 1.61 bits per heavy atom. The molecule has 402 valence electrons. The summed E-state index contributed by atoms with van der Waals surface area (Å²) in [6.45, 7) is 9.70. The molecule has 23 heteroatoms. The lowest BCUT2D eigenvalue weighted by molar-refractivity contribution is -0.387. The van der Waals surface area contributed by atoms with Crippen LogP contribution < -0.4 is 19.7 Å². The maximum absolute atomic E-state index is 15.0. The van der Waals surface area contributed by atoms with Crippen LogP contribution in [0.1, 0.15) is 94.5 Å². The maximum Gasteiger partial charge on any atom is 0.434 e. The molecule has 1 aliphatic heterocycles. The van der Waals surface area contributed by atoms with Gasteiger partial charge in [-0.05, 0) is 102 Å². The zero-order valence-corrected chi connectivity index (χ0v) is 43.4. The van der Waals surface area contributed by atoms with Crippen molar-refractivity contribution in [1.82, 2.24) is 29.5 Å². The molecule has 5 aromatic rings. The second kappa shape index (κ2) is 25.2. The number of ether oxygens (including phenoxy) is 4. The number of aromatic nitrogens is 3. The highest BCUT2D eigenvalue weighted by Gasteiger charge is 2.41. The van der Waals surface area contributed by atoms with Crippen molar-refractivity contribution in [2.45, 2.75) is 109 Å². The smallest absolute Gasteiger partial charge is 0.434 e. The fourth-order valence-corrected chi connectivity index (χ4v) is 9.97. The number of unbranched alkanes of at least 4 members (excludes halogenated alkanes) is 1. The number of nitrogens with one attached hydrogen (secondary N) is 1. The van der Waals surface area contributed by atoms with Gasteiger partial charge in [0.25, 0.3) is 11.6 Å². The minimum absolute atomic E-state index is 0.0205. The molecule has 3 aromatic heterocycles. The van der Waals surface area contributed by atoms with Crippen molar-refractivity contribution < 1.29 is 59.8 Å². The lowest BCUT2D eigenvalue weighted by Crippen LogP contribution is -2.55. The monoisotopic (exact) mass is 1060 g/mol. The molecule has 0 radical (unpaired) electrons. The number of rotatable bonds is 22. The molecule has 0 unspecified atom stereocenters. The second-order valence-corrected chi connectivity index (χ2v) is 20.2. The summed E-state index contributed by atoms with van der Waals surface area (Å²) in [5, 5.41) is 14.9. The molecule has 2 atom stereocenters. The van der Waals surface area contributed by atoms with E-state index in [9.17, 15) is 46.1 Å². The van der Waals surface area contributed by atoms with Crippen LogP contribution >= 0.6 is 0 Å². The third-order valence-electron chi connectivity index (χ3n) is 11.8. The van der Waals surface area contributed by atoms with E-state index in [4.69, 9.17) is 23.9 Å². The van der Waals surface area contributed by atoms with Crippen LogP contribution in [-0.2, 0) is 43.6 Å². The third-order valence-corrected chi connectivity index (χ3v) is 13.7. The number of sulfonamides is 1. The highest BCUT2D eigenvalue weighted by atomic mass is 32.2. The molecule has 1 fully saturated rings. The van der Waals surface area contributed by atoms with Gasteiger partial charge in [-0.3, -0.25) is 14.9 Å². The normalized spacial score (nSPS) is 14.5. The Balaban J connectivity index is 1.36. The molecule has 19 nitrogen and oxygen atoms in total. The summed E-state index contributed by atoms with van der Waals surface area (Å²) in [6.07, 6.45) is -3.77. The van der Waals surface area contributed by atoms with Gasteiger partial charge in [0.1, 0.15) is 18.2 Å². The van der Waals surface area contributed by atoms with E-state index in [-0.39, 0.29) is 82.7 Å². The molecule has 0 spiro atoms. The van der Waals surface area contributed by atoms with Crippen molar-refractivity contribution >= 4 is 39.4 Å². The number of piperazine rings is 1. The predicted octanol–water partition coefficient (Wildman–Crippen LogP) is 9.00. The van der Waals surface area contributed by atoms with Gasteiger partial charge >= 0.3 is 18.2 Å². The number of nitrogens with zero attached hydrogens (tertiary/aromatic N) is 7. The quantitative estimate of drug-likeness (QED) is 0.0295. The Kier molecular flexibility index (Phi) is 19.1. The fourth-order valence-electron chi connectivity index (χ4n) is 8.38. The van der Waals surface area contributed by atoms with Gasteiger partial charge in [0.15, 0.2) is 10.6 Å². The number of anilines is 1. The molecule has 1 saturated heterocycles. The molecule has 1 aliphatic rings. The zero-order chi connectivity index (χ0) is 54.5. The van der Waals surface area contributed by atoms with Gasteiger partial charge in [0.05, 0.1) is 52.9 Å². The Labute approximate surface area is 433 Å². The summed E-state index contributed by atoms with van der Waals surface area (Å²) < 4.78 is 96.1. The first kappa shape index (κ1) is 56.9. The fraction of sp³-hybridized carbons (Fsp3) is 0.423. The van der Waals surface area contributed by atoms with Crippen LogP contribution in [0.5, 0.6) is 11.8 Å². The van der Waals surface area contributed by atoms with E-state index in [1.807, 2.05) is 17.9 Å².